The van der Waals surface area contributed by atoms with E-state index in [1.807, 2.05) is 0 Å². The monoisotopic (exact) mass is 592 g/mol. The Hall–Kier alpha value is -3.93. The fourth-order valence-electron chi connectivity index (χ4n) is 7.10. The number of halogens is 5. The second-order valence-corrected chi connectivity index (χ2v) is 11.3. The summed E-state index contributed by atoms with van der Waals surface area (Å²) in [5, 5.41) is 12.9. The number of imide groups is 2. The molecule has 6 unspecified atom stereocenters. The number of nitrogens with one attached hydrogen (secondary N) is 1. The van der Waals surface area contributed by atoms with E-state index < -0.39 is 82.3 Å². The van der Waals surface area contributed by atoms with Crippen LogP contribution in [-0.2, 0) is 19.2 Å². The van der Waals surface area contributed by atoms with Crippen molar-refractivity contribution in [1.82, 2.24) is 5.32 Å². The minimum Gasteiger partial charge on any atom is -0.508 e. The Kier molecular flexibility index (Phi) is 6.01. The number of alkyl halides is 3. The van der Waals surface area contributed by atoms with E-state index in [0.717, 1.165) is 35.2 Å². The maximum Gasteiger partial charge on any atom is 0.573 e. The van der Waals surface area contributed by atoms with Gasteiger partial charge in [0.2, 0.25) is 23.6 Å². The first-order valence-corrected chi connectivity index (χ1v) is 13.1. The summed E-state index contributed by atoms with van der Waals surface area (Å²) >= 11 is 5.93. The number of allylic oxidation sites excluding steroid dienone is 2. The van der Waals surface area contributed by atoms with Gasteiger partial charge in [-0.3, -0.25) is 24.5 Å². The van der Waals surface area contributed by atoms with Gasteiger partial charge in [0.05, 0.1) is 33.9 Å². The van der Waals surface area contributed by atoms with Gasteiger partial charge in [0.15, 0.2) is 0 Å². The van der Waals surface area contributed by atoms with Crippen molar-refractivity contribution in [3.8, 4) is 11.5 Å². The van der Waals surface area contributed by atoms with Crippen molar-refractivity contribution >= 4 is 40.9 Å². The first-order valence-electron chi connectivity index (χ1n) is 12.7. The van der Waals surface area contributed by atoms with Crippen molar-refractivity contribution < 1.29 is 46.6 Å². The topological polar surface area (TPSA) is 113 Å². The number of hydrogen-bond donors (Lipinski definition) is 2. The van der Waals surface area contributed by atoms with Crippen LogP contribution in [-0.4, -0.2) is 35.1 Å². The molecule has 13 heteroatoms. The lowest BCUT2D eigenvalue weighted by Gasteiger charge is -2.49. The van der Waals surface area contributed by atoms with Crippen molar-refractivity contribution in [2.45, 2.75) is 32.0 Å². The van der Waals surface area contributed by atoms with E-state index in [0.29, 0.717) is 5.57 Å². The lowest BCUT2D eigenvalue weighted by Crippen LogP contribution is -2.48. The van der Waals surface area contributed by atoms with Crippen molar-refractivity contribution in [2.75, 3.05) is 4.90 Å². The molecule has 4 amide bonds. The fourth-order valence-corrected chi connectivity index (χ4v) is 7.28. The maximum atomic E-state index is 14.2. The Bertz CT molecular complexity index is 1580. The van der Waals surface area contributed by atoms with E-state index in [1.165, 1.54) is 13.0 Å². The van der Waals surface area contributed by atoms with Crippen LogP contribution in [0, 0.1) is 34.9 Å². The summed E-state index contributed by atoms with van der Waals surface area (Å²) in [7, 11) is 0. The number of carbonyl (C=O) groups excluding carboxylic acids is 4. The molecule has 3 fully saturated rings. The van der Waals surface area contributed by atoms with Crippen LogP contribution >= 0.6 is 11.6 Å². The van der Waals surface area contributed by atoms with Gasteiger partial charge in [0.1, 0.15) is 17.3 Å². The third kappa shape index (κ3) is 4.02. The first kappa shape index (κ1) is 27.3. The predicted octanol–water partition coefficient (Wildman–Crippen LogP) is 4.60. The van der Waals surface area contributed by atoms with Gasteiger partial charge in [-0.05, 0) is 62.1 Å². The first-order chi connectivity index (χ1) is 19.2. The van der Waals surface area contributed by atoms with Gasteiger partial charge in [-0.2, -0.15) is 0 Å². The van der Waals surface area contributed by atoms with Crippen molar-refractivity contribution in [3.05, 3.63) is 64.5 Å². The van der Waals surface area contributed by atoms with Gasteiger partial charge in [-0.25, -0.2) is 9.29 Å². The molecule has 1 saturated carbocycles. The van der Waals surface area contributed by atoms with E-state index in [1.54, 1.807) is 6.08 Å². The number of phenolic OH excluding ortho intramolecular Hbond substituents is 1. The van der Waals surface area contributed by atoms with E-state index >= 15 is 0 Å². The molecule has 2 aromatic rings. The lowest BCUT2D eigenvalue weighted by atomic mass is 9.51. The molecule has 8 nitrogen and oxygen atoms in total. The molecule has 214 valence electrons. The molecular weight excluding hydrogens is 572 g/mol. The average Bonchev–Trinajstić information content (AvgIpc) is 3.29. The normalized spacial score (nSPS) is 30.9. The smallest absolute Gasteiger partial charge is 0.508 e. The standard InChI is InChI=1S/C28H21ClF4N2O6/c1-27-17(25(39)35(26(27)40)11-2-6-19(30)18(29)8-11)10-15-13(4-5-14-21(15)24(38)34-23(14)37)22(27)16-9-12(3-7-20(16)36)41-28(31,32)33/h2-4,6-9,14-15,17,21-22,36H,5,10H2,1H3,(H,34,37,38). The number of carbonyl (C=O) groups is 4. The molecule has 0 bridgehead atoms. The molecule has 2 aliphatic heterocycles. The van der Waals surface area contributed by atoms with Gasteiger partial charge in [0.25, 0.3) is 0 Å². The zero-order chi connectivity index (χ0) is 29.6. The summed E-state index contributed by atoms with van der Waals surface area (Å²) in [4.78, 5) is 54.4. The number of nitrogens with zero attached hydrogens (tertiary/aromatic N) is 1. The Morgan fingerprint density at radius 1 is 1.07 bits per heavy atom. The molecule has 6 atom stereocenters. The largest absolute Gasteiger partial charge is 0.573 e. The fraction of sp³-hybridized carbons (Fsp3) is 0.357. The summed E-state index contributed by atoms with van der Waals surface area (Å²) in [5.74, 6) is -8.94. The summed E-state index contributed by atoms with van der Waals surface area (Å²) in [5.41, 5.74) is -1.32. The van der Waals surface area contributed by atoms with E-state index in [9.17, 15) is 41.8 Å². The number of hydrogen-bond acceptors (Lipinski definition) is 6. The Balaban J connectivity index is 1.55. The van der Waals surface area contributed by atoms with E-state index in [-0.39, 0.29) is 29.1 Å². The third-order valence-electron chi connectivity index (χ3n) is 8.82. The van der Waals surface area contributed by atoms with Crippen molar-refractivity contribution in [3.63, 3.8) is 0 Å². The molecule has 6 rings (SSSR count). The van der Waals surface area contributed by atoms with Crippen LogP contribution in [0.5, 0.6) is 11.5 Å². The molecular formula is C28H21ClF4N2O6. The van der Waals surface area contributed by atoms with Gasteiger partial charge < -0.3 is 9.84 Å². The highest BCUT2D eigenvalue weighted by Gasteiger charge is 2.67. The second kappa shape index (κ2) is 9.04. The van der Waals surface area contributed by atoms with Crippen LogP contribution in [0.1, 0.15) is 31.2 Å². The highest BCUT2D eigenvalue weighted by atomic mass is 35.5. The van der Waals surface area contributed by atoms with Crippen LogP contribution in [0.3, 0.4) is 0 Å². The molecule has 0 radical (unpaired) electrons. The minimum atomic E-state index is -5.05. The molecule has 0 spiro atoms. The molecule has 4 aliphatic rings. The molecule has 2 heterocycles. The average molecular weight is 593 g/mol. The van der Waals surface area contributed by atoms with Crippen LogP contribution in [0.25, 0.3) is 0 Å². The number of rotatable bonds is 3. The quantitative estimate of drug-likeness (QED) is 0.306. The SMILES string of the molecule is CC12C(=O)N(c3ccc(F)c(Cl)c3)C(=O)C1CC1C(=CCC3C(=O)NC(=O)C31)C2c1cc(OC(F)(F)F)ccc1O. The zero-order valence-electron chi connectivity index (χ0n) is 21.2. The summed E-state index contributed by atoms with van der Waals surface area (Å²) in [6.07, 6.45) is -3.28. The predicted molar refractivity (Wildman–Crippen MR) is 134 cm³/mol. The van der Waals surface area contributed by atoms with E-state index in [2.05, 4.69) is 10.1 Å². The molecule has 2 aromatic carbocycles. The molecule has 0 aromatic heterocycles. The Labute approximate surface area is 234 Å². The molecule has 41 heavy (non-hydrogen) atoms. The van der Waals surface area contributed by atoms with Crippen LogP contribution in [0.4, 0.5) is 23.2 Å². The Morgan fingerprint density at radius 3 is 2.49 bits per heavy atom. The van der Waals surface area contributed by atoms with Gasteiger partial charge in [-0.1, -0.05) is 23.3 Å². The molecule has 2 saturated heterocycles. The number of amides is 4. The number of phenols is 1. The molecule has 2 N–H and O–H groups in total. The molecule has 2 aliphatic carbocycles. The highest BCUT2D eigenvalue weighted by molar-refractivity contribution is 6.31. The number of ether oxygens (including phenoxy) is 1. The Morgan fingerprint density at radius 2 is 1.80 bits per heavy atom. The van der Waals surface area contributed by atoms with Crippen LogP contribution in [0.2, 0.25) is 5.02 Å². The number of benzene rings is 2. The second-order valence-electron chi connectivity index (χ2n) is 10.9. The van der Waals surface area contributed by atoms with Gasteiger partial charge in [-0.15, -0.1) is 13.2 Å². The number of aromatic hydroxyl groups is 1. The maximum absolute atomic E-state index is 14.2. The van der Waals surface area contributed by atoms with Gasteiger partial charge in [0, 0.05) is 11.5 Å². The third-order valence-corrected chi connectivity index (χ3v) is 9.11. The minimum absolute atomic E-state index is 0.0113. The summed E-state index contributed by atoms with van der Waals surface area (Å²) in [6.45, 7) is 1.48. The zero-order valence-corrected chi connectivity index (χ0v) is 21.9. The summed E-state index contributed by atoms with van der Waals surface area (Å²) in [6, 6.07) is 6.17. The van der Waals surface area contributed by atoms with Crippen LogP contribution < -0.4 is 15.0 Å². The van der Waals surface area contributed by atoms with E-state index in [4.69, 9.17) is 11.6 Å². The van der Waals surface area contributed by atoms with Crippen LogP contribution in [0.15, 0.2) is 48.0 Å². The van der Waals surface area contributed by atoms with Crippen molar-refractivity contribution in [2.24, 2.45) is 29.1 Å². The number of fused-ring (bicyclic) bond motifs is 4. The summed E-state index contributed by atoms with van der Waals surface area (Å²) < 4.78 is 57.3. The van der Waals surface area contributed by atoms with Crippen molar-refractivity contribution in [1.29, 1.82) is 0 Å². The van der Waals surface area contributed by atoms with Gasteiger partial charge >= 0.3 is 6.36 Å². The lowest BCUT2D eigenvalue weighted by molar-refractivity contribution is -0.274. The highest BCUT2D eigenvalue weighted by Crippen LogP contribution is 2.64. The number of anilines is 1.